The standard InChI is InChI=1S/C28H24BrClN4O5S/c1-19-5-13-26(14-6-19)40(37,38)34(17-20-7-9-22(30)10-8-20)18-25-12-11-24(39-25)16-31-33-28(36)27(35)32-23-4-2-3-21(29)15-23/h2-16H,17-18H2,1H3,(H,32,35)(H,33,36)/b31-16+. The van der Waals surface area contributed by atoms with Gasteiger partial charge in [-0.2, -0.15) is 9.41 Å². The maximum absolute atomic E-state index is 13.5. The number of benzene rings is 3. The van der Waals surface area contributed by atoms with E-state index in [0.29, 0.717) is 16.5 Å². The molecule has 4 aromatic rings. The van der Waals surface area contributed by atoms with Crippen molar-refractivity contribution in [2.75, 3.05) is 5.32 Å². The van der Waals surface area contributed by atoms with E-state index in [1.807, 2.05) is 6.92 Å². The number of nitrogens with one attached hydrogen (secondary N) is 2. The van der Waals surface area contributed by atoms with E-state index >= 15 is 0 Å². The summed E-state index contributed by atoms with van der Waals surface area (Å²) in [5, 5.41) is 6.77. The van der Waals surface area contributed by atoms with Gasteiger partial charge in [0.25, 0.3) is 0 Å². The number of hydrogen-bond acceptors (Lipinski definition) is 6. The van der Waals surface area contributed by atoms with Gasteiger partial charge in [-0.05, 0) is 67.1 Å². The molecule has 3 aromatic carbocycles. The molecule has 0 saturated carbocycles. The average molecular weight is 644 g/mol. The van der Waals surface area contributed by atoms with Crippen molar-refractivity contribution in [1.82, 2.24) is 9.73 Å². The van der Waals surface area contributed by atoms with Crippen LogP contribution < -0.4 is 10.7 Å². The highest BCUT2D eigenvalue weighted by molar-refractivity contribution is 9.10. The fourth-order valence-electron chi connectivity index (χ4n) is 3.56. The Morgan fingerprint density at radius 2 is 1.70 bits per heavy atom. The molecule has 40 heavy (non-hydrogen) atoms. The summed E-state index contributed by atoms with van der Waals surface area (Å²) >= 11 is 9.28. The van der Waals surface area contributed by atoms with Crippen LogP contribution in [0.3, 0.4) is 0 Å². The normalized spacial score (nSPS) is 11.6. The molecule has 0 radical (unpaired) electrons. The van der Waals surface area contributed by atoms with E-state index in [9.17, 15) is 18.0 Å². The Morgan fingerprint density at radius 3 is 2.40 bits per heavy atom. The Hall–Kier alpha value is -3.77. The van der Waals surface area contributed by atoms with Crippen LogP contribution in [-0.4, -0.2) is 30.8 Å². The summed E-state index contributed by atoms with van der Waals surface area (Å²) in [6.45, 7) is 1.90. The monoisotopic (exact) mass is 642 g/mol. The smallest absolute Gasteiger partial charge is 0.329 e. The second-order valence-electron chi connectivity index (χ2n) is 8.68. The number of amides is 2. The summed E-state index contributed by atoms with van der Waals surface area (Å²) in [5.41, 5.74) is 4.26. The van der Waals surface area contributed by atoms with Gasteiger partial charge in [0.15, 0.2) is 0 Å². The van der Waals surface area contributed by atoms with Crippen LogP contribution in [0.2, 0.25) is 5.02 Å². The Balaban J connectivity index is 1.44. The van der Waals surface area contributed by atoms with Crippen LogP contribution in [0, 0.1) is 6.92 Å². The van der Waals surface area contributed by atoms with Crippen LogP contribution in [0.4, 0.5) is 5.69 Å². The lowest BCUT2D eigenvalue weighted by Gasteiger charge is -2.21. The first kappa shape index (κ1) is 29.2. The molecule has 206 valence electrons. The van der Waals surface area contributed by atoms with Crippen molar-refractivity contribution in [3.8, 4) is 0 Å². The Kier molecular flexibility index (Phi) is 9.54. The second kappa shape index (κ2) is 13.1. The van der Waals surface area contributed by atoms with Gasteiger partial charge in [-0.15, -0.1) is 0 Å². The maximum atomic E-state index is 13.5. The number of nitrogens with zero attached hydrogens (tertiary/aromatic N) is 2. The van der Waals surface area contributed by atoms with E-state index in [1.165, 1.54) is 10.5 Å². The molecular weight excluding hydrogens is 620 g/mol. The average Bonchev–Trinajstić information content (AvgIpc) is 3.37. The highest BCUT2D eigenvalue weighted by atomic mass is 79.9. The molecule has 0 aliphatic rings. The fraction of sp³-hybridized carbons (Fsp3) is 0.107. The van der Waals surface area contributed by atoms with E-state index in [1.54, 1.807) is 84.9 Å². The summed E-state index contributed by atoms with van der Waals surface area (Å²) < 4.78 is 34.8. The van der Waals surface area contributed by atoms with Gasteiger partial charge in [0.05, 0.1) is 17.7 Å². The molecule has 1 aromatic heterocycles. The lowest BCUT2D eigenvalue weighted by Crippen LogP contribution is -2.32. The third kappa shape index (κ3) is 7.89. The predicted molar refractivity (Wildman–Crippen MR) is 156 cm³/mol. The molecule has 9 nitrogen and oxygen atoms in total. The molecule has 0 aliphatic heterocycles. The lowest BCUT2D eigenvalue weighted by atomic mass is 10.2. The van der Waals surface area contributed by atoms with Gasteiger partial charge in [-0.1, -0.05) is 63.4 Å². The molecule has 0 bridgehead atoms. The van der Waals surface area contributed by atoms with Crippen molar-refractivity contribution in [3.05, 3.63) is 117 Å². The largest absolute Gasteiger partial charge is 0.459 e. The summed E-state index contributed by atoms with van der Waals surface area (Å²) in [4.78, 5) is 24.3. The molecule has 0 fully saturated rings. The van der Waals surface area contributed by atoms with Crippen LogP contribution in [0.25, 0.3) is 0 Å². The second-order valence-corrected chi connectivity index (χ2v) is 12.0. The first-order valence-corrected chi connectivity index (χ1v) is 14.5. The van der Waals surface area contributed by atoms with E-state index in [4.69, 9.17) is 16.0 Å². The van der Waals surface area contributed by atoms with Crippen LogP contribution in [-0.2, 0) is 32.7 Å². The minimum atomic E-state index is -3.88. The summed E-state index contributed by atoms with van der Waals surface area (Å²) in [7, 11) is -3.88. The van der Waals surface area contributed by atoms with Gasteiger partial charge >= 0.3 is 11.8 Å². The van der Waals surface area contributed by atoms with Crippen molar-refractivity contribution >= 4 is 61.3 Å². The Bertz CT molecular complexity index is 1640. The third-order valence-corrected chi connectivity index (χ3v) is 8.14. The number of hydrogen-bond donors (Lipinski definition) is 2. The first-order valence-electron chi connectivity index (χ1n) is 11.9. The predicted octanol–water partition coefficient (Wildman–Crippen LogP) is 5.48. The van der Waals surface area contributed by atoms with Crippen LogP contribution >= 0.6 is 27.5 Å². The highest BCUT2D eigenvalue weighted by Crippen LogP contribution is 2.23. The first-order chi connectivity index (χ1) is 19.1. The van der Waals surface area contributed by atoms with Crippen molar-refractivity contribution in [3.63, 3.8) is 0 Å². The SMILES string of the molecule is Cc1ccc(S(=O)(=O)N(Cc2ccc(Cl)cc2)Cc2ccc(/C=N/NC(=O)C(=O)Nc3cccc(Br)c3)o2)cc1. The number of aryl methyl sites for hydroxylation is 1. The number of rotatable bonds is 9. The highest BCUT2D eigenvalue weighted by Gasteiger charge is 2.26. The molecule has 2 amide bonds. The summed E-state index contributed by atoms with van der Waals surface area (Å²) in [6, 6.07) is 23.5. The molecule has 0 aliphatic carbocycles. The number of sulfonamides is 1. The van der Waals surface area contributed by atoms with Crippen molar-refractivity contribution in [2.45, 2.75) is 24.9 Å². The van der Waals surface area contributed by atoms with Crippen LogP contribution in [0.1, 0.15) is 22.6 Å². The summed E-state index contributed by atoms with van der Waals surface area (Å²) in [5.74, 6) is -1.26. The third-order valence-electron chi connectivity index (χ3n) is 5.59. The quantitative estimate of drug-likeness (QED) is 0.142. The van der Waals surface area contributed by atoms with Gasteiger partial charge in [-0.25, -0.2) is 13.8 Å². The molecule has 0 saturated heterocycles. The molecular formula is C28H24BrClN4O5S. The van der Waals surface area contributed by atoms with E-state index in [0.717, 1.165) is 15.6 Å². The number of carbonyl (C=O) groups is 2. The molecule has 12 heteroatoms. The topological polar surface area (TPSA) is 121 Å². The van der Waals surface area contributed by atoms with Gasteiger partial charge in [0.1, 0.15) is 11.5 Å². The number of anilines is 1. The minimum absolute atomic E-state index is 0.0614. The molecule has 4 rings (SSSR count). The molecule has 1 heterocycles. The van der Waals surface area contributed by atoms with E-state index in [-0.39, 0.29) is 23.7 Å². The number of hydrazone groups is 1. The van der Waals surface area contributed by atoms with Gasteiger partial charge in [-0.3, -0.25) is 9.59 Å². The molecule has 0 atom stereocenters. The summed E-state index contributed by atoms with van der Waals surface area (Å²) in [6.07, 6.45) is 1.21. The lowest BCUT2D eigenvalue weighted by molar-refractivity contribution is -0.136. The van der Waals surface area contributed by atoms with Crippen LogP contribution in [0.15, 0.2) is 104 Å². The number of carbonyl (C=O) groups excluding carboxylic acids is 2. The molecule has 0 unspecified atom stereocenters. The Labute approximate surface area is 245 Å². The molecule has 2 N–H and O–H groups in total. The van der Waals surface area contributed by atoms with Crippen molar-refractivity contribution in [2.24, 2.45) is 5.10 Å². The molecule has 0 spiro atoms. The van der Waals surface area contributed by atoms with Gasteiger partial charge < -0.3 is 9.73 Å². The van der Waals surface area contributed by atoms with Crippen LogP contribution in [0.5, 0.6) is 0 Å². The number of furan rings is 1. The van der Waals surface area contributed by atoms with Crippen molar-refractivity contribution < 1.29 is 22.4 Å². The van der Waals surface area contributed by atoms with E-state index < -0.39 is 21.8 Å². The zero-order valence-electron chi connectivity index (χ0n) is 21.2. The van der Waals surface area contributed by atoms with Crippen molar-refractivity contribution in [1.29, 1.82) is 0 Å². The van der Waals surface area contributed by atoms with Gasteiger partial charge in [0, 0.05) is 21.7 Å². The Morgan fingerprint density at radius 1 is 0.975 bits per heavy atom. The zero-order chi connectivity index (χ0) is 28.7. The maximum Gasteiger partial charge on any atom is 0.329 e. The number of halogens is 2. The van der Waals surface area contributed by atoms with Gasteiger partial charge in [0.2, 0.25) is 10.0 Å². The van der Waals surface area contributed by atoms with E-state index in [2.05, 4.69) is 31.8 Å². The zero-order valence-corrected chi connectivity index (χ0v) is 24.3. The fourth-order valence-corrected chi connectivity index (χ4v) is 5.48. The minimum Gasteiger partial charge on any atom is -0.459 e.